The van der Waals surface area contributed by atoms with Gasteiger partial charge in [-0.15, -0.1) is 0 Å². The van der Waals surface area contributed by atoms with E-state index in [1.165, 1.54) is 30.4 Å². The molecule has 9 nitrogen and oxygen atoms in total. The molecule has 0 amide bonds. The number of benzene rings is 1. The number of cyclic esters (lactones) is 1. The molecule has 0 radical (unpaired) electrons. The average molecular weight is 476 g/mol. The molecule has 34 heavy (non-hydrogen) atoms. The number of hydrogen-bond acceptors (Lipinski definition) is 9. The van der Waals surface area contributed by atoms with Gasteiger partial charge in [-0.1, -0.05) is 25.2 Å². The monoisotopic (exact) mass is 475 g/mol. The van der Waals surface area contributed by atoms with Crippen LogP contribution in [-0.4, -0.2) is 89.7 Å². The van der Waals surface area contributed by atoms with Gasteiger partial charge in [-0.05, 0) is 31.1 Å². The van der Waals surface area contributed by atoms with Crippen LogP contribution in [0.3, 0.4) is 0 Å². The van der Waals surface area contributed by atoms with Crippen molar-refractivity contribution in [1.29, 1.82) is 0 Å². The molecular weight excluding hydrogens is 442 g/mol. The Hall–Kier alpha value is -2.72. The SMILES string of the molecule is C[C@@H]1/C=C\C(=O)C(O)[C@@H](O)C/C=C/c2cc(OCCN3CCOCC3)cc(O)c2C(=O)O[C@H]1C. The number of aromatic hydroxyl groups is 1. The molecule has 3 N–H and O–H groups in total. The van der Waals surface area contributed by atoms with Gasteiger partial charge in [0.1, 0.15) is 35.9 Å². The van der Waals surface area contributed by atoms with Gasteiger partial charge in [0, 0.05) is 31.6 Å². The van der Waals surface area contributed by atoms with Crippen LogP contribution in [0.1, 0.15) is 36.2 Å². The van der Waals surface area contributed by atoms with E-state index in [4.69, 9.17) is 14.2 Å². The minimum Gasteiger partial charge on any atom is -0.507 e. The minimum atomic E-state index is -1.57. The van der Waals surface area contributed by atoms with Crippen molar-refractivity contribution in [1.82, 2.24) is 4.90 Å². The van der Waals surface area contributed by atoms with Crippen LogP contribution in [-0.2, 0) is 14.3 Å². The van der Waals surface area contributed by atoms with E-state index in [0.717, 1.165) is 13.1 Å². The van der Waals surface area contributed by atoms with Gasteiger partial charge in [0.25, 0.3) is 0 Å². The fourth-order valence-electron chi connectivity index (χ4n) is 3.67. The van der Waals surface area contributed by atoms with Crippen LogP contribution < -0.4 is 4.74 Å². The number of esters is 1. The Morgan fingerprint density at radius 3 is 2.59 bits per heavy atom. The number of morpholine rings is 1. The summed E-state index contributed by atoms with van der Waals surface area (Å²) in [6, 6.07) is 2.99. The van der Waals surface area contributed by atoms with Crippen molar-refractivity contribution in [2.24, 2.45) is 5.92 Å². The lowest BCUT2D eigenvalue weighted by Crippen LogP contribution is -2.38. The van der Waals surface area contributed by atoms with Gasteiger partial charge in [-0.3, -0.25) is 9.69 Å². The highest BCUT2D eigenvalue weighted by molar-refractivity contribution is 5.97. The first-order valence-electron chi connectivity index (χ1n) is 11.5. The van der Waals surface area contributed by atoms with Crippen LogP contribution in [0.4, 0.5) is 0 Å². The Morgan fingerprint density at radius 1 is 1.12 bits per heavy atom. The maximum atomic E-state index is 12.9. The zero-order valence-electron chi connectivity index (χ0n) is 19.6. The van der Waals surface area contributed by atoms with Gasteiger partial charge >= 0.3 is 5.97 Å². The van der Waals surface area contributed by atoms with E-state index in [1.807, 2.05) is 0 Å². The van der Waals surface area contributed by atoms with Crippen molar-refractivity contribution in [3.05, 3.63) is 41.5 Å². The molecule has 9 heteroatoms. The smallest absolute Gasteiger partial charge is 0.342 e. The maximum absolute atomic E-state index is 12.9. The summed E-state index contributed by atoms with van der Waals surface area (Å²) in [5.41, 5.74) is 0.315. The predicted octanol–water partition coefficient (Wildman–Crippen LogP) is 1.55. The van der Waals surface area contributed by atoms with E-state index in [0.29, 0.717) is 37.7 Å². The maximum Gasteiger partial charge on any atom is 0.342 e. The minimum absolute atomic E-state index is 0.0250. The third-order valence-electron chi connectivity index (χ3n) is 6.03. The highest BCUT2D eigenvalue weighted by Gasteiger charge is 2.25. The van der Waals surface area contributed by atoms with Gasteiger partial charge < -0.3 is 29.5 Å². The molecule has 186 valence electrons. The van der Waals surface area contributed by atoms with E-state index in [-0.39, 0.29) is 23.7 Å². The number of rotatable bonds is 4. The summed E-state index contributed by atoms with van der Waals surface area (Å²) in [6.07, 6.45) is 2.21. The molecule has 4 atom stereocenters. The molecule has 2 aliphatic rings. The summed E-state index contributed by atoms with van der Waals surface area (Å²) in [4.78, 5) is 27.2. The molecule has 3 rings (SSSR count). The van der Waals surface area contributed by atoms with E-state index in [1.54, 1.807) is 19.9 Å². The fourth-order valence-corrected chi connectivity index (χ4v) is 3.67. The number of fused-ring (bicyclic) bond motifs is 1. The fraction of sp³-hybridized carbons (Fsp3) is 0.520. The first kappa shape index (κ1) is 25.9. The number of phenols is 1. The van der Waals surface area contributed by atoms with Gasteiger partial charge in [0.05, 0.1) is 19.3 Å². The first-order valence-corrected chi connectivity index (χ1v) is 11.5. The lowest BCUT2D eigenvalue weighted by atomic mass is 9.99. The summed E-state index contributed by atoms with van der Waals surface area (Å²) in [6.45, 7) is 7.54. The summed E-state index contributed by atoms with van der Waals surface area (Å²) < 4.78 is 16.7. The van der Waals surface area contributed by atoms with Crippen molar-refractivity contribution in [2.45, 2.75) is 38.6 Å². The number of aliphatic hydroxyl groups is 2. The second kappa shape index (κ2) is 12.1. The summed E-state index contributed by atoms with van der Waals surface area (Å²) in [5.74, 6) is -1.59. The third kappa shape index (κ3) is 6.89. The molecular formula is C25H33NO8. The third-order valence-corrected chi connectivity index (χ3v) is 6.03. The second-order valence-electron chi connectivity index (χ2n) is 8.59. The summed E-state index contributed by atoms with van der Waals surface area (Å²) >= 11 is 0. The Morgan fingerprint density at radius 2 is 1.85 bits per heavy atom. The Labute approximate surface area is 199 Å². The highest BCUT2D eigenvalue weighted by Crippen LogP contribution is 2.31. The normalized spacial score (nSPS) is 28.9. The van der Waals surface area contributed by atoms with Gasteiger partial charge in [-0.2, -0.15) is 0 Å². The zero-order chi connectivity index (χ0) is 24.7. The Kier molecular flexibility index (Phi) is 9.23. The standard InChI is InChI=1S/C25H33NO8/c1-16-6-7-21(28)24(30)20(27)5-3-4-18-14-19(33-13-10-26-8-11-32-12-9-26)15-22(29)23(18)25(31)34-17(16)2/h3-4,6-7,14-17,20,24,27,29-30H,5,8-13H2,1-2H3/b4-3+,7-6-/t16-,17+,20+,24?/m1/s1. The van der Waals surface area contributed by atoms with Gasteiger partial charge in [-0.25, -0.2) is 4.79 Å². The van der Waals surface area contributed by atoms with E-state index < -0.39 is 30.1 Å². The van der Waals surface area contributed by atoms with E-state index in [9.17, 15) is 24.9 Å². The number of ether oxygens (including phenoxy) is 3. The number of phenolic OH excluding ortho intramolecular Hbond substituents is 1. The van der Waals surface area contributed by atoms with Crippen LogP contribution in [0.2, 0.25) is 0 Å². The lowest BCUT2D eigenvalue weighted by Gasteiger charge is -2.26. The molecule has 1 aromatic carbocycles. The van der Waals surface area contributed by atoms with Crippen LogP contribution in [0.25, 0.3) is 6.08 Å². The molecule has 0 bridgehead atoms. The zero-order valence-corrected chi connectivity index (χ0v) is 19.6. The lowest BCUT2D eigenvalue weighted by molar-refractivity contribution is -0.127. The summed E-state index contributed by atoms with van der Waals surface area (Å²) in [7, 11) is 0. The van der Waals surface area contributed by atoms with Crippen LogP contribution in [0.15, 0.2) is 30.4 Å². The molecule has 0 aliphatic carbocycles. The van der Waals surface area contributed by atoms with Gasteiger partial charge in [0.15, 0.2) is 5.78 Å². The number of carbonyl (C=O) groups excluding carboxylic acids is 2. The van der Waals surface area contributed by atoms with Crippen LogP contribution in [0, 0.1) is 5.92 Å². The molecule has 0 saturated carbocycles. The largest absolute Gasteiger partial charge is 0.507 e. The molecule has 0 spiro atoms. The van der Waals surface area contributed by atoms with E-state index in [2.05, 4.69) is 4.90 Å². The molecule has 1 unspecified atom stereocenters. The average Bonchev–Trinajstić information content (AvgIpc) is 2.81. The molecule has 1 aromatic rings. The first-order chi connectivity index (χ1) is 16.3. The van der Waals surface area contributed by atoms with Crippen molar-refractivity contribution >= 4 is 17.8 Å². The summed E-state index contributed by atoms with van der Waals surface area (Å²) in [5, 5.41) is 30.9. The molecule has 1 saturated heterocycles. The second-order valence-corrected chi connectivity index (χ2v) is 8.59. The number of carbonyl (C=O) groups is 2. The van der Waals surface area contributed by atoms with Crippen molar-refractivity contribution in [2.75, 3.05) is 39.5 Å². The van der Waals surface area contributed by atoms with Gasteiger partial charge in [0.2, 0.25) is 0 Å². The molecule has 2 aliphatic heterocycles. The molecule has 2 heterocycles. The highest BCUT2D eigenvalue weighted by atomic mass is 16.5. The topological polar surface area (TPSA) is 126 Å². The van der Waals surface area contributed by atoms with E-state index >= 15 is 0 Å². The predicted molar refractivity (Wildman–Crippen MR) is 125 cm³/mol. The Bertz CT molecular complexity index is 922. The number of aliphatic hydroxyl groups excluding tert-OH is 2. The quantitative estimate of drug-likeness (QED) is 0.556. The number of nitrogens with zero attached hydrogens (tertiary/aromatic N) is 1. The van der Waals surface area contributed by atoms with Crippen LogP contribution in [0.5, 0.6) is 11.5 Å². The van der Waals surface area contributed by atoms with Crippen molar-refractivity contribution in [3.8, 4) is 11.5 Å². The van der Waals surface area contributed by atoms with Crippen LogP contribution >= 0.6 is 0 Å². The molecule has 1 fully saturated rings. The van der Waals surface area contributed by atoms with Crippen molar-refractivity contribution in [3.63, 3.8) is 0 Å². The Balaban J connectivity index is 1.84. The number of ketones is 1. The number of hydrogen-bond donors (Lipinski definition) is 3. The molecule has 0 aromatic heterocycles. The van der Waals surface area contributed by atoms with Crippen molar-refractivity contribution < 1.29 is 39.1 Å².